The molecule has 0 amide bonds. The van der Waals surface area contributed by atoms with Gasteiger partial charge in [-0.2, -0.15) is 0 Å². The highest BCUT2D eigenvalue weighted by atomic mass is 31.1. The van der Waals surface area contributed by atoms with E-state index in [1.807, 2.05) is 7.05 Å². The van der Waals surface area contributed by atoms with E-state index in [-0.39, 0.29) is 5.16 Å². The first-order chi connectivity index (χ1) is 15.5. The SMILES string of the molecule is CCC(C)c1cccc(C(C)(CC)Pc2ccccc2CNC)c1OCc1ccccc1. The fraction of sp³-hybridized carbons (Fsp3) is 0.379. The first-order valence-corrected chi connectivity index (χ1v) is 12.8. The lowest BCUT2D eigenvalue weighted by atomic mass is 9.89. The summed E-state index contributed by atoms with van der Waals surface area (Å²) in [6.07, 6.45) is 2.16. The van der Waals surface area contributed by atoms with Crippen molar-refractivity contribution in [1.29, 1.82) is 0 Å². The Labute approximate surface area is 196 Å². The zero-order valence-corrected chi connectivity index (χ0v) is 21.2. The molecule has 3 unspecified atom stereocenters. The highest BCUT2D eigenvalue weighted by Gasteiger charge is 2.31. The van der Waals surface area contributed by atoms with E-state index >= 15 is 0 Å². The molecule has 0 aromatic heterocycles. The van der Waals surface area contributed by atoms with Gasteiger partial charge in [-0.15, -0.1) is 0 Å². The van der Waals surface area contributed by atoms with E-state index in [0.29, 0.717) is 21.1 Å². The first-order valence-electron chi connectivity index (χ1n) is 11.8. The third-order valence-electron chi connectivity index (χ3n) is 6.51. The molecule has 0 aliphatic rings. The molecule has 0 saturated heterocycles. The molecule has 0 saturated carbocycles. The van der Waals surface area contributed by atoms with Crippen LogP contribution in [0.3, 0.4) is 0 Å². The quantitative estimate of drug-likeness (QED) is 0.316. The monoisotopic (exact) mass is 447 g/mol. The minimum Gasteiger partial charge on any atom is -0.488 e. The molecule has 0 spiro atoms. The molecule has 1 N–H and O–H groups in total. The van der Waals surface area contributed by atoms with Crippen molar-refractivity contribution < 1.29 is 4.74 Å². The van der Waals surface area contributed by atoms with Crippen LogP contribution in [0, 0.1) is 0 Å². The molecule has 0 radical (unpaired) electrons. The number of benzene rings is 3. The summed E-state index contributed by atoms with van der Waals surface area (Å²) in [5.74, 6) is 1.55. The molecule has 32 heavy (non-hydrogen) atoms. The van der Waals surface area contributed by atoms with E-state index in [4.69, 9.17) is 4.74 Å². The lowest BCUT2D eigenvalue weighted by Crippen LogP contribution is -2.23. The Balaban J connectivity index is 2.03. The van der Waals surface area contributed by atoms with Crippen LogP contribution in [0.5, 0.6) is 5.75 Å². The predicted octanol–water partition coefficient (Wildman–Crippen LogP) is 7.13. The van der Waals surface area contributed by atoms with E-state index < -0.39 is 0 Å². The fourth-order valence-electron chi connectivity index (χ4n) is 4.12. The summed E-state index contributed by atoms with van der Waals surface area (Å²) < 4.78 is 6.63. The van der Waals surface area contributed by atoms with Crippen LogP contribution in [0.1, 0.15) is 68.7 Å². The number of hydrogen-bond acceptors (Lipinski definition) is 2. The smallest absolute Gasteiger partial charge is 0.127 e. The van der Waals surface area contributed by atoms with Crippen LogP contribution < -0.4 is 15.4 Å². The second-order valence-corrected chi connectivity index (χ2v) is 10.7. The van der Waals surface area contributed by atoms with E-state index in [2.05, 4.69) is 106 Å². The molecular formula is C29H38NOP. The van der Waals surface area contributed by atoms with Crippen LogP contribution in [-0.4, -0.2) is 7.05 Å². The zero-order chi connectivity index (χ0) is 23.0. The number of nitrogens with one attached hydrogen (secondary N) is 1. The lowest BCUT2D eigenvalue weighted by molar-refractivity contribution is 0.294. The average Bonchev–Trinajstić information content (AvgIpc) is 2.84. The minimum atomic E-state index is 0.0132. The molecule has 0 aliphatic carbocycles. The number of ether oxygens (including phenoxy) is 1. The molecule has 0 bridgehead atoms. The van der Waals surface area contributed by atoms with Gasteiger partial charge in [0.15, 0.2) is 0 Å². The summed E-state index contributed by atoms with van der Waals surface area (Å²) in [5.41, 5.74) is 5.26. The normalized spacial score (nSPS) is 14.4. The summed E-state index contributed by atoms with van der Waals surface area (Å²) in [6, 6.07) is 26.1. The van der Waals surface area contributed by atoms with Crippen LogP contribution in [-0.2, 0) is 18.3 Å². The van der Waals surface area contributed by atoms with Gasteiger partial charge in [0.05, 0.1) is 0 Å². The predicted molar refractivity (Wildman–Crippen MR) is 141 cm³/mol. The van der Waals surface area contributed by atoms with Crippen molar-refractivity contribution in [1.82, 2.24) is 5.32 Å². The van der Waals surface area contributed by atoms with Crippen LogP contribution in [0.15, 0.2) is 72.8 Å². The van der Waals surface area contributed by atoms with E-state index in [1.54, 1.807) is 0 Å². The Morgan fingerprint density at radius 3 is 2.34 bits per heavy atom. The van der Waals surface area contributed by atoms with Gasteiger partial charge in [-0.3, -0.25) is 0 Å². The summed E-state index contributed by atoms with van der Waals surface area (Å²) in [6.45, 7) is 10.8. The molecule has 0 aliphatic heterocycles. The maximum Gasteiger partial charge on any atom is 0.127 e. The second-order valence-electron chi connectivity index (χ2n) is 8.81. The van der Waals surface area contributed by atoms with Crippen molar-refractivity contribution in [2.75, 3.05) is 7.05 Å². The standard InChI is InChI=1S/C29H38NOP/c1-6-22(3)25-17-13-18-26(28(25)31-21-23-14-9-8-10-15-23)29(4,7-2)32-27-19-12-11-16-24(27)20-30-5/h8-19,22,30,32H,6-7,20-21H2,1-5H3. The third kappa shape index (κ3) is 5.80. The van der Waals surface area contributed by atoms with Gasteiger partial charge in [0, 0.05) is 17.3 Å². The van der Waals surface area contributed by atoms with Gasteiger partial charge in [-0.1, -0.05) is 109 Å². The van der Waals surface area contributed by atoms with Gasteiger partial charge in [0.1, 0.15) is 12.4 Å². The minimum absolute atomic E-state index is 0.0132. The molecule has 2 nitrogen and oxygen atoms in total. The highest BCUT2D eigenvalue weighted by molar-refractivity contribution is 7.48. The summed E-state index contributed by atoms with van der Waals surface area (Å²) in [4.78, 5) is 0. The van der Waals surface area contributed by atoms with Gasteiger partial charge in [0.2, 0.25) is 0 Å². The van der Waals surface area contributed by atoms with Crippen molar-refractivity contribution >= 4 is 13.9 Å². The molecule has 3 heteroatoms. The van der Waals surface area contributed by atoms with E-state index in [0.717, 1.165) is 25.1 Å². The Morgan fingerprint density at radius 1 is 0.938 bits per heavy atom. The van der Waals surface area contributed by atoms with Crippen LogP contribution in [0.25, 0.3) is 0 Å². The van der Waals surface area contributed by atoms with Gasteiger partial charge in [-0.05, 0) is 47.8 Å². The Morgan fingerprint density at radius 2 is 1.66 bits per heavy atom. The molecular weight excluding hydrogens is 409 g/mol. The van der Waals surface area contributed by atoms with Gasteiger partial charge >= 0.3 is 0 Å². The summed E-state index contributed by atoms with van der Waals surface area (Å²) >= 11 is 0. The Bertz CT molecular complexity index is 987. The average molecular weight is 448 g/mol. The molecule has 3 aromatic carbocycles. The van der Waals surface area contributed by atoms with Gasteiger partial charge < -0.3 is 10.1 Å². The molecule has 0 heterocycles. The maximum atomic E-state index is 6.63. The number of para-hydroxylation sites is 1. The topological polar surface area (TPSA) is 21.3 Å². The van der Waals surface area contributed by atoms with Crippen molar-refractivity contribution in [3.8, 4) is 5.75 Å². The highest BCUT2D eigenvalue weighted by Crippen LogP contribution is 2.49. The molecule has 170 valence electrons. The van der Waals surface area contributed by atoms with E-state index in [9.17, 15) is 0 Å². The maximum absolute atomic E-state index is 6.63. The molecule has 0 fully saturated rings. The van der Waals surface area contributed by atoms with Gasteiger partial charge in [-0.25, -0.2) is 0 Å². The van der Waals surface area contributed by atoms with Crippen LogP contribution in [0.4, 0.5) is 0 Å². The lowest BCUT2D eigenvalue weighted by Gasteiger charge is -2.33. The number of rotatable bonds is 11. The number of hydrogen-bond donors (Lipinski definition) is 1. The second kappa shape index (κ2) is 11.6. The fourth-order valence-corrected chi connectivity index (χ4v) is 5.73. The Kier molecular flexibility index (Phi) is 8.91. The Hall–Kier alpha value is -2.15. The molecule has 3 rings (SSSR count). The van der Waals surface area contributed by atoms with Crippen molar-refractivity contribution in [3.63, 3.8) is 0 Å². The third-order valence-corrected chi connectivity index (χ3v) is 8.44. The zero-order valence-electron chi connectivity index (χ0n) is 20.2. The first kappa shape index (κ1) is 24.5. The summed E-state index contributed by atoms with van der Waals surface area (Å²) in [7, 11) is 2.69. The largest absolute Gasteiger partial charge is 0.488 e. The van der Waals surface area contributed by atoms with Crippen molar-refractivity contribution in [2.45, 2.75) is 64.8 Å². The molecule has 3 aromatic rings. The summed E-state index contributed by atoms with van der Waals surface area (Å²) in [5, 5.41) is 4.78. The van der Waals surface area contributed by atoms with Crippen LogP contribution >= 0.6 is 8.58 Å². The molecule has 3 atom stereocenters. The van der Waals surface area contributed by atoms with Gasteiger partial charge in [0.25, 0.3) is 0 Å². The van der Waals surface area contributed by atoms with E-state index in [1.165, 1.54) is 27.6 Å². The van der Waals surface area contributed by atoms with Crippen molar-refractivity contribution in [2.24, 2.45) is 0 Å². The van der Waals surface area contributed by atoms with Crippen molar-refractivity contribution in [3.05, 3.63) is 95.1 Å². The van der Waals surface area contributed by atoms with Crippen LogP contribution in [0.2, 0.25) is 0 Å².